The average Bonchev–Trinajstić information content (AvgIpc) is 3.28. The van der Waals surface area contributed by atoms with E-state index in [0.29, 0.717) is 18.1 Å². The Kier molecular flexibility index (Phi) is 6.10. The number of nitrogens with one attached hydrogen (secondary N) is 1. The lowest BCUT2D eigenvalue weighted by Crippen LogP contribution is -2.15. The third-order valence-electron chi connectivity index (χ3n) is 5.67. The van der Waals surface area contributed by atoms with E-state index in [1.165, 1.54) is 0 Å². The first kappa shape index (κ1) is 22.8. The molecule has 1 saturated carbocycles. The minimum absolute atomic E-state index is 0.117. The molecule has 1 aliphatic carbocycles. The molecule has 0 bridgehead atoms. The quantitative estimate of drug-likeness (QED) is 0.517. The number of hydrogen-bond donors (Lipinski definition) is 1. The third-order valence-corrected chi connectivity index (χ3v) is 5.67. The Labute approximate surface area is 191 Å². The number of alkyl halides is 1. The molecule has 4 rings (SSSR count). The Morgan fingerprint density at radius 2 is 1.91 bits per heavy atom. The van der Waals surface area contributed by atoms with Crippen molar-refractivity contribution in [3.05, 3.63) is 59.4 Å². The Morgan fingerprint density at radius 3 is 2.55 bits per heavy atom. The van der Waals surface area contributed by atoms with Crippen molar-refractivity contribution in [2.45, 2.75) is 58.5 Å². The van der Waals surface area contributed by atoms with Gasteiger partial charge in [0.1, 0.15) is 12.0 Å². The number of aromatic nitrogens is 3. The van der Waals surface area contributed by atoms with Crippen LogP contribution in [0, 0.1) is 12.8 Å². The van der Waals surface area contributed by atoms with Crippen molar-refractivity contribution in [3.8, 4) is 11.1 Å². The van der Waals surface area contributed by atoms with Gasteiger partial charge in [0, 0.05) is 18.0 Å². The molecule has 2 heterocycles. The van der Waals surface area contributed by atoms with Crippen molar-refractivity contribution in [2.75, 3.05) is 5.32 Å². The van der Waals surface area contributed by atoms with Crippen LogP contribution in [0.2, 0.25) is 0 Å². The monoisotopic (exact) mass is 450 g/mol. The van der Waals surface area contributed by atoms with Crippen LogP contribution in [0.1, 0.15) is 61.2 Å². The molecular formula is C25H27FN4O3. The normalized spacial score (nSPS) is 17.6. The zero-order valence-corrected chi connectivity index (χ0v) is 19.2. The maximum Gasteiger partial charge on any atom is 0.238 e. The Balaban J connectivity index is 1.41. The first-order valence-corrected chi connectivity index (χ1v) is 11.0. The van der Waals surface area contributed by atoms with Crippen molar-refractivity contribution in [1.82, 2.24) is 15.1 Å². The molecule has 1 aliphatic rings. The van der Waals surface area contributed by atoms with Crippen molar-refractivity contribution in [1.29, 1.82) is 0 Å². The van der Waals surface area contributed by atoms with E-state index in [9.17, 15) is 14.0 Å². The highest BCUT2D eigenvalue weighted by Gasteiger charge is 2.43. The highest BCUT2D eigenvalue weighted by Crippen LogP contribution is 2.35. The van der Waals surface area contributed by atoms with Gasteiger partial charge < -0.3 is 9.84 Å². The van der Waals surface area contributed by atoms with Crippen LogP contribution in [0.4, 0.5) is 10.2 Å². The summed E-state index contributed by atoms with van der Waals surface area (Å²) < 4.78 is 18.3. The van der Waals surface area contributed by atoms with E-state index in [-0.39, 0.29) is 35.8 Å². The molecule has 0 aliphatic heterocycles. The van der Waals surface area contributed by atoms with Gasteiger partial charge in [-0.1, -0.05) is 44.1 Å². The maximum atomic E-state index is 13.1. The van der Waals surface area contributed by atoms with Gasteiger partial charge in [-0.05, 0) is 54.2 Å². The number of nitrogens with zero attached hydrogens (tertiary/aromatic N) is 3. The molecule has 8 heteroatoms. The summed E-state index contributed by atoms with van der Waals surface area (Å²) >= 11 is 0. The highest BCUT2D eigenvalue weighted by atomic mass is 19.1. The van der Waals surface area contributed by atoms with Crippen molar-refractivity contribution in [2.24, 2.45) is 5.92 Å². The van der Waals surface area contributed by atoms with Gasteiger partial charge in [-0.3, -0.25) is 9.59 Å². The van der Waals surface area contributed by atoms with Gasteiger partial charge in [0.2, 0.25) is 23.4 Å². The van der Waals surface area contributed by atoms with Crippen molar-refractivity contribution < 1.29 is 18.5 Å². The summed E-state index contributed by atoms with van der Waals surface area (Å²) in [4.78, 5) is 32.9. The predicted octanol–water partition coefficient (Wildman–Crippen LogP) is 4.85. The number of anilines is 1. The summed E-state index contributed by atoms with van der Waals surface area (Å²) in [5.41, 5.74) is 3.64. The number of ketones is 1. The molecule has 2 aromatic heterocycles. The second kappa shape index (κ2) is 8.84. The minimum atomic E-state index is -1.05. The second-order valence-corrected chi connectivity index (χ2v) is 9.51. The fraction of sp³-hybridized carbons (Fsp3) is 0.400. The number of aryl methyl sites for hydroxylation is 2. The van der Waals surface area contributed by atoms with Crippen LogP contribution < -0.4 is 5.32 Å². The lowest BCUT2D eigenvalue weighted by Gasteiger charge is -2.10. The van der Waals surface area contributed by atoms with Gasteiger partial charge >= 0.3 is 0 Å². The highest BCUT2D eigenvalue weighted by molar-refractivity contribution is 5.94. The molecule has 1 N–H and O–H groups in total. The largest absolute Gasteiger partial charge is 0.338 e. The van der Waals surface area contributed by atoms with E-state index in [1.807, 2.05) is 52.0 Å². The fourth-order valence-electron chi connectivity index (χ4n) is 3.49. The number of benzene rings is 1. The molecule has 0 unspecified atom stereocenters. The van der Waals surface area contributed by atoms with Gasteiger partial charge in [0.15, 0.2) is 0 Å². The zero-order valence-electron chi connectivity index (χ0n) is 19.2. The molecule has 0 saturated heterocycles. The SMILES string of the molecule is Cc1cc(-c2ccnc(NC(=O)[C@@H]3C[C@H]3F)c2)ccc1CCC(=O)c1noc(C(C)(C)C)n1. The summed E-state index contributed by atoms with van der Waals surface area (Å²) in [5, 5.41) is 6.51. The van der Waals surface area contributed by atoms with Crippen molar-refractivity contribution in [3.63, 3.8) is 0 Å². The van der Waals surface area contributed by atoms with Crippen LogP contribution in [0.5, 0.6) is 0 Å². The van der Waals surface area contributed by atoms with Crippen LogP contribution in [-0.4, -0.2) is 33.0 Å². The topological polar surface area (TPSA) is 98.0 Å². The Hall–Kier alpha value is -3.42. The van der Waals surface area contributed by atoms with Crippen LogP contribution in [-0.2, 0) is 16.6 Å². The molecule has 172 valence electrons. The summed E-state index contributed by atoms with van der Waals surface area (Å²) in [6, 6.07) is 9.62. The van der Waals surface area contributed by atoms with E-state index < -0.39 is 12.1 Å². The number of pyridine rings is 1. The number of halogens is 1. The van der Waals surface area contributed by atoms with Gasteiger partial charge in [0.05, 0.1) is 5.92 Å². The lowest BCUT2D eigenvalue weighted by molar-refractivity contribution is -0.117. The summed E-state index contributed by atoms with van der Waals surface area (Å²) in [6.07, 6.45) is 1.69. The molecular weight excluding hydrogens is 423 g/mol. The average molecular weight is 451 g/mol. The molecule has 33 heavy (non-hydrogen) atoms. The second-order valence-electron chi connectivity index (χ2n) is 9.51. The molecule has 1 fully saturated rings. The molecule has 2 atom stereocenters. The standard InChI is InChI=1S/C25H27FN4O3/c1-14-11-16(17-9-10-27-21(12-17)28-23(32)18-13-19(18)26)6-5-15(14)7-8-20(31)22-29-24(33-30-22)25(2,3)4/h5-6,9-12,18-19H,7-8,13H2,1-4H3,(H,27,28,32)/t18-,19-/m1/s1. The van der Waals surface area contributed by atoms with E-state index in [4.69, 9.17) is 4.52 Å². The summed E-state index contributed by atoms with van der Waals surface area (Å²) in [6.45, 7) is 7.84. The number of Topliss-reactive ketones (excluding diaryl/α,β-unsaturated/α-hetero) is 1. The van der Waals surface area contributed by atoms with Crippen LogP contribution in [0.25, 0.3) is 11.1 Å². The zero-order chi connectivity index (χ0) is 23.8. The van der Waals surface area contributed by atoms with E-state index in [2.05, 4.69) is 20.4 Å². The molecule has 1 aromatic carbocycles. The van der Waals surface area contributed by atoms with E-state index >= 15 is 0 Å². The van der Waals surface area contributed by atoms with Crippen LogP contribution >= 0.6 is 0 Å². The molecule has 0 spiro atoms. The summed E-state index contributed by atoms with van der Waals surface area (Å²) in [7, 11) is 0. The van der Waals surface area contributed by atoms with Crippen LogP contribution in [0.3, 0.4) is 0 Å². The van der Waals surface area contributed by atoms with Gasteiger partial charge in [-0.15, -0.1) is 0 Å². The Bertz CT molecular complexity index is 1200. The van der Waals surface area contributed by atoms with E-state index in [1.54, 1.807) is 12.3 Å². The Morgan fingerprint density at radius 1 is 1.18 bits per heavy atom. The first-order valence-electron chi connectivity index (χ1n) is 11.0. The van der Waals surface area contributed by atoms with Crippen molar-refractivity contribution >= 4 is 17.5 Å². The minimum Gasteiger partial charge on any atom is -0.338 e. The number of carbonyl (C=O) groups is 2. The molecule has 0 radical (unpaired) electrons. The van der Waals surface area contributed by atoms with Gasteiger partial charge in [-0.25, -0.2) is 9.37 Å². The van der Waals surface area contributed by atoms with Gasteiger partial charge in [-0.2, -0.15) is 4.98 Å². The number of amides is 1. The summed E-state index contributed by atoms with van der Waals surface area (Å²) in [5.74, 6) is -0.0874. The smallest absolute Gasteiger partial charge is 0.238 e. The number of hydrogen-bond acceptors (Lipinski definition) is 6. The fourth-order valence-corrected chi connectivity index (χ4v) is 3.49. The number of rotatable bonds is 7. The predicted molar refractivity (Wildman–Crippen MR) is 122 cm³/mol. The molecule has 3 aromatic rings. The van der Waals surface area contributed by atoms with E-state index in [0.717, 1.165) is 22.3 Å². The van der Waals surface area contributed by atoms with Crippen LogP contribution in [0.15, 0.2) is 41.1 Å². The number of carbonyl (C=O) groups excluding carboxylic acids is 2. The maximum absolute atomic E-state index is 13.1. The molecule has 7 nitrogen and oxygen atoms in total. The first-order chi connectivity index (χ1) is 15.6. The third kappa shape index (κ3) is 5.32. The van der Waals surface area contributed by atoms with Gasteiger partial charge in [0.25, 0.3) is 0 Å². The molecule has 1 amide bonds. The lowest BCUT2D eigenvalue weighted by atomic mass is 9.96.